The maximum atomic E-state index is 15.5. The second-order valence-electron chi connectivity index (χ2n) is 9.55. The number of piperidine rings is 1. The molecule has 0 N–H and O–H groups in total. The van der Waals surface area contributed by atoms with Gasteiger partial charge in [-0.1, -0.05) is 19.6 Å². The molecule has 174 valence electrons. The third-order valence-corrected chi connectivity index (χ3v) is 7.87. The molecule has 0 bridgehead atoms. The molecule has 2 aromatic rings. The first-order valence-corrected chi connectivity index (χ1v) is 14.6. The molecule has 31 heavy (non-hydrogen) atoms. The van der Waals surface area contributed by atoms with Gasteiger partial charge in [0.1, 0.15) is 12.2 Å². The molecule has 0 saturated carbocycles. The van der Waals surface area contributed by atoms with Gasteiger partial charge in [0.05, 0.1) is 11.2 Å². The summed E-state index contributed by atoms with van der Waals surface area (Å²) in [6, 6.07) is 4.63. The Balaban J connectivity index is 1.78. The Morgan fingerprint density at radius 3 is 2.39 bits per heavy atom. The number of methoxy groups -OCH3 is 2. The predicted molar refractivity (Wildman–Crippen MR) is 124 cm³/mol. The third-order valence-electron chi connectivity index (χ3n) is 6.17. The van der Waals surface area contributed by atoms with Crippen LogP contribution < -0.4 is 10.6 Å². The van der Waals surface area contributed by atoms with Crippen molar-refractivity contribution < 1.29 is 18.6 Å². The quantitative estimate of drug-likeness (QED) is 0.330. The molecule has 1 aromatic heterocycles. The Morgan fingerprint density at radius 1 is 1.16 bits per heavy atom. The molecule has 0 spiro atoms. The minimum Gasteiger partial charge on any atom is -0.369 e. The van der Waals surface area contributed by atoms with Crippen LogP contribution in [0.15, 0.2) is 16.9 Å². The number of aryl methyl sites for hydroxylation is 1. The Labute approximate surface area is 184 Å². The topological polar surface area (TPSA) is 57.9 Å². The van der Waals surface area contributed by atoms with Gasteiger partial charge < -0.3 is 19.1 Å². The summed E-state index contributed by atoms with van der Waals surface area (Å²) in [5.41, 5.74) is 1.16. The number of anilines is 1. The SMILES string of the molecule is COC(OC)C1CCN(c2ccc3c(c2F)n(C)c(=O)n3COCC[Si](C)(C)C)CC1. The zero-order valence-corrected chi connectivity index (χ0v) is 20.6. The molecule has 1 aliphatic rings. The van der Waals surface area contributed by atoms with E-state index in [0.29, 0.717) is 36.4 Å². The van der Waals surface area contributed by atoms with Crippen LogP contribution in [0, 0.1) is 11.7 Å². The van der Waals surface area contributed by atoms with Crippen molar-refractivity contribution in [3.05, 3.63) is 28.4 Å². The first-order chi connectivity index (χ1) is 14.7. The predicted octanol–water partition coefficient (Wildman–Crippen LogP) is 3.63. The van der Waals surface area contributed by atoms with Crippen LogP contribution in [0.3, 0.4) is 0 Å². The van der Waals surface area contributed by atoms with Crippen LogP contribution in [-0.2, 0) is 28.0 Å². The lowest BCUT2D eigenvalue weighted by Crippen LogP contribution is -2.39. The normalized spacial score (nSPS) is 16.1. The van der Waals surface area contributed by atoms with E-state index in [-0.39, 0.29) is 30.4 Å². The number of nitrogens with zero attached hydrogens (tertiary/aromatic N) is 3. The summed E-state index contributed by atoms with van der Waals surface area (Å²) < 4.78 is 35.0. The Bertz CT molecular complexity index is 941. The Kier molecular flexibility index (Phi) is 7.62. The molecule has 1 aliphatic heterocycles. The van der Waals surface area contributed by atoms with Crippen molar-refractivity contribution in [3.8, 4) is 0 Å². The van der Waals surface area contributed by atoms with Crippen molar-refractivity contribution in [3.63, 3.8) is 0 Å². The zero-order valence-electron chi connectivity index (χ0n) is 19.6. The van der Waals surface area contributed by atoms with Gasteiger partial charge >= 0.3 is 5.69 Å². The highest BCUT2D eigenvalue weighted by atomic mass is 28.3. The highest BCUT2D eigenvalue weighted by Gasteiger charge is 2.29. The van der Waals surface area contributed by atoms with Crippen LogP contribution in [0.2, 0.25) is 25.7 Å². The zero-order chi connectivity index (χ0) is 22.8. The van der Waals surface area contributed by atoms with Gasteiger partial charge in [-0.2, -0.15) is 0 Å². The van der Waals surface area contributed by atoms with E-state index in [1.165, 1.54) is 9.13 Å². The van der Waals surface area contributed by atoms with Gasteiger partial charge in [-0.3, -0.25) is 9.13 Å². The average Bonchev–Trinajstić information content (AvgIpc) is 2.97. The van der Waals surface area contributed by atoms with E-state index in [0.717, 1.165) is 18.9 Å². The molecule has 2 heterocycles. The standard InChI is InChI=1S/C22H36FN3O4Si/c1-24-20-18(26(22(24)27)15-30-13-14-31(4,5)6)8-7-17(19(20)23)25-11-9-16(10-12-25)21(28-2)29-3/h7-8,16,21H,9-15H2,1-6H3. The smallest absolute Gasteiger partial charge is 0.330 e. The summed E-state index contributed by atoms with van der Waals surface area (Å²) in [5.74, 6) is -0.0665. The van der Waals surface area contributed by atoms with Gasteiger partial charge in [-0.05, 0) is 31.0 Å². The lowest BCUT2D eigenvalue weighted by Gasteiger charge is -2.36. The largest absolute Gasteiger partial charge is 0.369 e. The highest BCUT2D eigenvalue weighted by Crippen LogP contribution is 2.31. The minimum atomic E-state index is -1.21. The van der Waals surface area contributed by atoms with Gasteiger partial charge in [0.25, 0.3) is 0 Å². The summed E-state index contributed by atoms with van der Waals surface area (Å²) in [5, 5.41) is 0. The molecule has 0 amide bonds. The Hall–Kier alpha value is -1.68. The molecule has 3 rings (SSSR count). The maximum absolute atomic E-state index is 15.5. The average molecular weight is 454 g/mol. The number of aromatic nitrogens is 2. The minimum absolute atomic E-state index is 0.139. The number of imidazole rings is 1. The van der Waals surface area contributed by atoms with Crippen LogP contribution >= 0.6 is 0 Å². The number of hydrogen-bond acceptors (Lipinski definition) is 5. The summed E-state index contributed by atoms with van der Waals surface area (Å²) in [4.78, 5) is 14.8. The summed E-state index contributed by atoms with van der Waals surface area (Å²) >= 11 is 0. The van der Waals surface area contributed by atoms with E-state index in [4.69, 9.17) is 14.2 Å². The van der Waals surface area contributed by atoms with E-state index in [1.807, 2.05) is 11.0 Å². The fourth-order valence-electron chi connectivity index (χ4n) is 4.26. The van der Waals surface area contributed by atoms with E-state index in [9.17, 15) is 4.79 Å². The molecule has 1 saturated heterocycles. The monoisotopic (exact) mass is 453 g/mol. The summed E-state index contributed by atoms with van der Waals surface area (Å²) in [6.07, 6.45) is 1.48. The molecule has 0 aliphatic carbocycles. The number of benzene rings is 1. The third kappa shape index (κ3) is 5.22. The maximum Gasteiger partial charge on any atom is 0.330 e. The first kappa shape index (κ1) is 24.0. The number of halogens is 1. The summed E-state index contributed by atoms with van der Waals surface area (Å²) in [6.45, 7) is 9.02. The molecule has 1 aromatic carbocycles. The van der Waals surface area contributed by atoms with Gasteiger partial charge in [0.2, 0.25) is 0 Å². The van der Waals surface area contributed by atoms with E-state index in [2.05, 4.69) is 19.6 Å². The van der Waals surface area contributed by atoms with Crippen LogP contribution in [0.1, 0.15) is 12.8 Å². The van der Waals surface area contributed by atoms with Crippen molar-refractivity contribution in [1.82, 2.24) is 9.13 Å². The number of fused-ring (bicyclic) bond motifs is 1. The first-order valence-electron chi connectivity index (χ1n) is 10.9. The molecule has 9 heteroatoms. The van der Waals surface area contributed by atoms with Crippen molar-refractivity contribution in [2.45, 2.75) is 51.5 Å². The molecular weight excluding hydrogens is 417 g/mol. The second-order valence-corrected chi connectivity index (χ2v) is 15.2. The van der Waals surface area contributed by atoms with Crippen LogP contribution in [0.25, 0.3) is 11.0 Å². The van der Waals surface area contributed by atoms with Gasteiger partial charge in [-0.25, -0.2) is 9.18 Å². The molecule has 1 fully saturated rings. The number of ether oxygens (including phenoxy) is 3. The molecule has 7 nitrogen and oxygen atoms in total. The van der Waals surface area contributed by atoms with Crippen molar-refractivity contribution in [2.75, 3.05) is 38.8 Å². The molecular formula is C22H36FN3O4Si. The van der Waals surface area contributed by atoms with Crippen molar-refractivity contribution >= 4 is 24.8 Å². The number of hydrogen-bond donors (Lipinski definition) is 0. The van der Waals surface area contributed by atoms with Gasteiger partial charge in [-0.15, -0.1) is 0 Å². The van der Waals surface area contributed by atoms with Gasteiger partial charge in [0.15, 0.2) is 12.1 Å². The summed E-state index contributed by atoms with van der Waals surface area (Å²) in [7, 11) is 3.70. The molecule has 0 atom stereocenters. The van der Waals surface area contributed by atoms with Crippen LogP contribution in [0.4, 0.5) is 10.1 Å². The fourth-order valence-corrected chi connectivity index (χ4v) is 5.01. The second kappa shape index (κ2) is 9.85. The van der Waals surface area contributed by atoms with E-state index >= 15 is 4.39 Å². The Morgan fingerprint density at radius 2 is 1.81 bits per heavy atom. The van der Waals surface area contributed by atoms with Crippen molar-refractivity contribution in [2.24, 2.45) is 13.0 Å². The lowest BCUT2D eigenvalue weighted by molar-refractivity contribution is -0.141. The van der Waals surface area contributed by atoms with E-state index in [1.54, 1.807) is 27.3 Å². The van der Waals surface area contributed by atoms with E-state index < -0.39 is 8.07 Å². The van der Waals surface area contributed by atoms with Crippen molar-refractivity contribution in [1.29, 1.82) is 0 Å². The molecule has 0 radical (unpaired) electrons. The van der Waals surface area contributed by atoms with Crippen LogP contribution in [-0.4, -0.2) is 57.4 Å². The van der Waals surface area contributed by atoms with Gasteiger partial charge in [0, 0.05) is 55.0 Å². The van der Waals surface area contributed by atoms with Crippen LogP contribution in [0.5, 0.6) is 0 Å². The lowest BCUT2D eigenvalue weighted by atomic mass is 9.95. The highest BCUT2D eigenvalue weighted by molar-refractivity contribution is 6.76. The number of rotatable bonds is 9. The molecule has 0 unspecified atom stereocenters. The fraction of sp³-hybridized carbons (Fsp3) is 0.682.